The molecule has 1 aliphatic heterocycles. The average Bonchev–Trinajstić information content (AvgIpc) is 2.79. The average molecular weight is 442 g/mol. The second-order valence-corrected chi connectivity index (χ2v) is 8.94. The molecule has 6 heteroatoms. The summed E-state index contributed by atoms with van der Waals surface area (Å²) in [6, 6.07) is 8.88. The molecule has 0 saturated heterocycles. The molecule has 2 unspecified atom stereocenters. The molecule has 0 saturated carbocycles. The predicted octanol–water partition coefficient (Wildman–Crippen LogP) is 4.12. The van der Waals surface area contributed by atoms with Crippen LogP contribution in [0.2, 0.25) is 0 Å². The third-order valence-corrected chi connectivity index (χ3v) is 6.37. The van der Waals surface area contributed by atoms with E-state index >= 15 is 0 Å². The minimum Gasteiger partial charge on any atom is -0.344 e. The number of unbranched alkanes of at least 4 members (excludes halogenated alkanes) is 1. The van der Waals surface area contributed by atoms with Gasteiger partial charge in [0.05, 0.1) is 0 Å². The van der Waals surface area contributed by atoms with Crippen LogP contribution in [-0.4, -0.2) is 46.1 Å². The minimum atomic E-state index is -0.647. The molecule has 1 aromatic carbocycles. The quantitative estimate of drug-likeness (QED) is 0.562. The molecule has 0 aliphatic carbocycles. The lowest BCUT2D eigenvalue weighted by atomic mass is 9.90. The number of carbonyl (C=O) groups excluding carboxylic acids is 3. The van der Waals surface area contributed by atoms with Gasteiger partial charge in [-0.3, -0.25) is 14.4 Å². The summed E-state index contributed by atoms with van der Waals surface area (Å²) in [5.41, 5.74) is 1.17. The molecule has 0 fully saturated rings. The van der Waals surface area contributed by atoms with Crippen molar-refractivity contribution in [3.05, 3.63) is 48.3 Å². The summed E-state index contributed by atoms with van der Waals surface area (Å²) in [7, 11) is 0. The van der Waals surface area contributed by atoms with E-state index in [1.54, 1.807) is 22.2 Å². The highest BCUT2D eigenvalue weighted by Crippen LogP contribution is 2.26. The van der Waals surface area contributed by atoms with Gasteiger partial charge in [-0.05, 0) is 30.2 Å². The maximum absolute atomic E-state index is 13.5. The predicted molar refractivity (Wildman–Crippen MR) is 127 cm³/mol. The van der Waals surface area contributed by atoms with Gasteiger partial charge in [0.2, 0.25) is 17.7 Å². The number of nitrogens with zero attached hydrogens (tertiary/aromatic N) is 2. The number of hydrogen-bond acceptors (Lipinski definition) is 3. The lowest BCUT2D eigenvalue weighted by Crippen LogP contribution is -2.59. The summed E-state index contributed by atoms with van der Waals surface area (Å²) in [4.78, 5) is 42.2. The van der Waals surface area contributed by atoms with Crippen molar-refractivity contribution in [2.24, 2.45) is 11.8 Å². The first-order valence-corrected chi connectivity index (χ1v) is 11.9. The fraction of sp³-hybridized carbons (Fsp3) is 0.577. The number of hydrogen-bond donors (Lipinski definition) is 1. The Morgan fingerprint density at radius 2 is 1.78 bits per heavy atom. The Morgan fingerprint density at radius 1 is 1.09 bits per heavy atom. The summed E-state index contributed by atoms with van der Waals surface area (Å²) in [5, 5.41) is 2.81. The van der Waals surface area contributed by atoms with E-state index in [0.29, 0.717) is 6.54 Å². The third-order valence-electron chi connectivity index (χ3n) is 6.37. The first kappa shape index (κ1) is 25.6. The van der Waals surface area contributed by atoms with Crippen LogP contribution in [-0.2, 0) is 20.8 Å². The van der Waals surface area contributed by atoms with E-state index in [1.807, 2.05) is 39.0 Å². The molecule has 0 bridgehead atoms. The Kier molecular flexibility index (Phi) is 9.95. The number of nitrogens with one attached hydrogen (secondary N) is 1. The second kappa shape index (κ2) is 12.4. The Hall–Kier alpha value is -2.63. The molecule has 6 nitrogen and oxygen atoms in total. The van der Waals surface area contributed by atoms with Crippen molar-refractivity contribution >= 4 is 17.7 Å². The van der Waals surface area contributed by atoms with Crippen LogP contribution in [0.1, 0.15) is 65.9 Å². The summed E-state index contributed by atoms with van der Waals surface area (Å²) in [6.07, 6.45) is 7.86. The Morgan fingerprint density at radius 3 is 2.38 bits per heavy atom. The van der Waals surface area contributed by atoms with Crippen molar-refractivity contribution < 1.29 is 14.4 Å². The van der Waals surface area contributed by atoms with Crippen molar-refractivity contribution in [2.45, 2.75) is 78.8 Å². The van der Waals surface area contributed by atoms with Crippen LogP contribution in [0.4, 0.5) is 0 Å². The highest BCUT2D eigenvalue weighted by atomic mass is 16.2. The van der Waals surface area contributed by atoms with Crippen LogP contribution in [0.15, 0.2) is 42.7 Å². The van der Waals surface area contributed by atoms with Gasteiger partial charge in [-0.15, -0.1) is 0 Å². The molecule has 0 aromatic heterocycles. The van der Waals surface area contributed by atoms with Gasteiger partial charge in [0.1, 0.15) is 12.1 Å². The zero-order valence-electron chi connectivity index (χ0n) is 20.2. The highest BCUT2D eigenvalue weighted by molar-refractivity contribution is 5.94. The van der Waals surface area contributed by atoms with E-state index in [2.05, 4.69) is 24.4 Å². The molecule has 4 atom stereocenters. The lowest BCUT2D eigenvalue weighted by molar-refractivity contribution is -0.148. The summed E-state index contributed by atoms with van der Waals surface area (Å²) < 4.78 is 0. The third kappa shape index (κ3) is 6.68. The second-order valence-electron chi connectivity index (χ2n) is 8.94. The fourth-order valence-corrected chi connectivity index (χ4v) is 4.16. The fourth-order valence-electron chi connectivity index (χ4n) is 4.16. The number of amides is 3. The molecule has 1 N–H and O–H groups in total. The van der Waals surface area contributed by atoms with Crippen molar-refractivity contribution in [1.82, 2.24) is 15.1 Å². The normalized spacial score (nSPS) is 18.9. The number of rotatable bonds is 11. The van der Waals surface area contributed by atoms with Gasteiger partial charge in [0.25, 0.3) is 0 Å². The highest BCUT2D eigenvalue weighted by Gasteiger charge is 2.41. The van der Waals surface area contributed by atoms with Gasteiger partial charge in [0, 0.05) is 25.9 Å². The molecule has 1 heterocycles. The zero-order chi connectivity index (χ0) is 23.7. The van der Waals surface area contributed by atoms with E-state index in [4.69, 9.17) is 0 Å². The van der Waals surface area contributed by atoms with E-state index in [-0.39, 0.29) is 29.6 Å². The van der Waals surface area contributed by atoms with Crippen LogP contribution in [0.5, 0.6) is 0 Å². The van der Waals surface area contributed by atoms with Gasteiger partial charge in [-0.2, -0.15) is 0 Å². The molecule has 0 spiro atoms. The van der Waals surface area contributed by atoms with Gasteiger partial charge in [-0.1, -0.05) is 77.3 Å². The van der Waals surface area contributed by atoms with E-state index in [0.717, 1.165) is 32.1 Å². The summed E-state index contributed by atoms with van der Waals surface area (Å²) in [6.45, 7) is 10.1. The summed E-state index contributed by atoms with van der Waals surface area (Å²) in [5.74, 6) is -0.513. The summed E-state index contributed by atoms with van der Waals surface area (Å²) >= 11 is 0. The van der Waals surface area contributed by atoms with Crippen molar-refractivity contribution in [2.75, 3.05) is 6.54 Å². The monoisotopic (exact) mass is 441 g/mol. The van der Waals surface area contributed by atoms with Gasteiger partial charge in [0.15, 0.2) is 0 Å². The maximum atomic E-state index is 13.5. The smallest absolute Gasteiger partial charge is 0.250 e. The van der Waals surface area contributed by atoms with Crippen molar-refractivity contribution in [1.29, 1.82) is 0 Å². The van der Waals surface area contributed by atoms with E-state index in [1.165, 1.54) is 12.5 Å². The molecular formula is C26H39N3O3. The molecular weight excluding hydrogens is 402 g/mol. The van der Waals surface area contributed by atoms with Gasteiger partial charge >= 0.3 is 0 Å². The van der Waals surface area contributed by atoms with Crippen LogP contribution in [0, 0.1) is 11.8 Å². The largest absolute Gasteiger partial charge is 0.344 e. The zero-order valence-corrected chi connectivity index (χ0v) is 20.2. The topological polar surface area (TPSA) is 69.7 Å². The standard InChI is InChI=1S/C26H39N3O3/c1-6-8-12-20(4)24-26(32)28(16-15-22-13-10-9-11-14-22)17-18-29(24)25(31)23(19(3)7-2)27-21(5)30/h9-11,13-14,17-20,23-24H,6-8,12,15-16H2,1-5H3,(H,27,30)/t19?,20?,23-,24+/m1/s1. The van der Waals surface area contributed by atoms with Crippen molar-refractivity contribution in [3.63, 3.8) is 0 Å². The lowest BCUT2D eigenvalue weighted by Gasteiger charge is -2.41. The maximum Gasteiger partial charge on any atom is 0.250 e. The Bertz CT molecular complexity index is 793. The SMILES string of the molecule is CCCCC(C)[C@H]1C(=O)N(CCc2ccccc2)C=CN1C(=O)[C@H](NC(C)=O)C(C)CC. The first-order valence-electron chi connectivity index (χ1n) is 11.9. The first-order chi connectivity index (χ1) is 15.3. The van der Waals surface area contributed by atoms with Gasteiger partial charge in [-0.25, -0.2) is 0 Å². The van der Waals surface area contributed by atoms with E-state index < -0.39 is 12.1 Å². The Labute approximate surface area is 193 Å². The number of benzene rings is 1. The van der Waals surface area contributed by atoms with Crippen LogP contribution in [0.25, 0.3) is 0 Å². The molecule has 1 aliphatic rings. The minimum absolute atomic E-state index is 0.0190. The van der Waals surface area contributed by atoms with Crippen LogP contribution in [0.3, 0.4) is 0 Å². The molecule has 1 aromatic rings. The molecule has 0 radical (unpaired) electrons. The van der Waals surface area contributed by atoms with Crippen LogP contribution < -0.4 is 5.32 Å². The molecule has 176 valence electrons. The molecule has 3 amide bonds. The number of carbonyl (C=O) groups is 3. The van der Waals surface area contributed by atoms with Gasteiger partial charge < -0.3 is 15.1 Å². The Balaban J connectivity index is 2.28. The molecule has 32 heavy (non-hydrogen) atoms. The van der Waals surface area contributed by atoms with E-state index in [9.17, 15) is 14.4 Å². The van der Waals surface area contributed by atoms with Crippen molar-refractivity contribution in [3.8, 4) is 0 Å². The van der Waals surface area contributed by atoms with Crippen LogP contribution >= 0.6 is 0 Å². The molecule has 2 rings (SSSR count).